The Bertz CT molecular complexity index is 747. The summed E-state index contributed by atoms with van der Waals surface area (Å²) in [6, 6.07) is 17.1. The molecule has 0 aliphatic heterocycles. The Balaban J connectivity index is 1.67. The van der Waals surface area contributed by atoms with Crippen LogP contribution in [0.1, 0.15) is 22.8 Å². The molecule has 1 atom stereocenters. The minimum atomic E-state index is -0.0828. The molecule has 1 amide bonds. The lowest BCUT2D eigenvalue weighted by Gasteiger charge is -2.18. The molecule has 6 heteroatoms. The fraction of sp³-hybridized carbons (Fsp3) is 0.333. The molecule has 6 nitrogen and oxygen atoms in total. The zero-order chi connectivity index (χ0) is 19.5. The third-order valence-electron chi connectivity index (χ3n) is 3.94. The van der Waals surface area contributed by atoms with Crippen molar-refractivity contribution >= 4 is 11.9 Å². The number of nitrogens with one attached hydrogen (secondary N) is 3. The second-order valence-corrected chi connectivity index (χ2v) is 6.20. The number of ether oxygens (including phenoxy) is 1. The normalized spacial score (nSPS) is 12.2. The number of aryl methyl sites for hydroxylation is 1. The Kier molecular flexibility index (Phi) is 8.16. The highest BCUT2D eigenvalue weighted by Crippen LogP contribution is 2.17. The van der Waals surface area contributed by atoms with Gasteiger partial charge in [0.2, 0.25) is 0 Å². The molecule has 2 rings (SSSR count). The van der Waals surface area contributed by atoms with Crippen LogP contribution in [0.25, 0.3) is 0 Å². The second-order valence-electron chi connectivity index (χ2n) is 6.20. The monoisotopic (exact) mass is 368 g/mol. The molecule has 0 bridgehead atoms. The Morgan fingerprint density at radius 1 is 1.00 bits per heavy atom. The number of nitrogens with zero attached hydrogens (tertiary/aromatic N) is 1. The van der Waals surface area contributed by atoms with Gasteiger partial charge in [0.25, 0.3) is 5.91 Å². The van der Waals surface area contributed by atoms with Crippen LogP contribution in [0.4, 0.5) is 0 Å². The molecule has 0 aromatic heterocycles. The van der Waals surface area contributed by atoms with E-state index < -0.39 is 0 Å². The third-order valence-corrected chi connectivity index (χ3v) is 3.94. The van der Waals surface area contributed by atoms with Crippen molar-refractivity contribution in [3.05, 3.63) is 65.7 Å². The molecule has 1 unspecified atom stereocenters. The van der Waals surface area contributed by atoms with E-state index in [0.29, 0.717) is 31.2 Å². The zero-order valence-corrected chi connectivity index (χ0v) is 16.2. The predicted molar refractivity (Wildman–Crippen MR) is 109 cm³/mol. The van der Waals surface area contributed by atoms with Gasteiger partial charge in [-0.25, -0.2) is 0 Å². The van der Waals surface area contributed by atoms with Crippen LogP contribution < -0.4 is 20.7 Å². The maximum Gasteiger partial charge on any atom is 0.251 e. The molecule has 144 valence electrons. The fourth-order valence-corrected chi connectivity index (χ4v) is 2.46. The minimum absolute atomic E-state index is 0.0116. The number of benzene rings is 2. The second kappa shape index (κ2) is 10.9. The van der Waals surface area contributed by atoms with Gasteiger partial charge in [-0.1, -0.05) is 36.4 Å². The van der Waals surface area contributed by atoms with Gasteiger partial charge in [-0.05, 0) is 37.6 Å². The van der Waals surface area contributed by atoms with Crippen LogP contribution in [-0.4, -0.2) is 44.7 Å². The van der Waals surface area contributed by atoms with Gasteiger partial charge in [0.05, 0.1) is 6.54 Å². The third kappa shape index (κ3) is 7.01. The number of para-hydroxylation sites is 1. The van der Waals surface area contributed by atoms with Crippen LogP contribution >= 0.6 is 0 Å². The Morgan fingerprint density at radius 2 is 1.67 bits per heavy atom. The molecule has 0 fully saturated rings. The number of hydrogen-bond acceptors (Lipinski definition) is 3. The van der Waals surface area contributed by atoms with Crippen LogP contribution in [0, 0.1) is 6.92 Å². The summed E-state index contributed by atoms with van der Waals surface area (Å²) < 4.78 is 5.94. The number of amides is 1. The Morgan fingerprint density at radius 3 is 2.37 bits per heavy atom. The first-order valence-electron chi connectivity index (χ1n) is 9.10. The average molecular weight is 368 g/mol. The molecule has 2 aromatic carbocycles. The van der Waals surface area contributed by atoms with Crippen LogP contribution in [0.15, 0.2) is 59.6 Å². The molecule has 0 saturated heterocycles. The van der Waals surface area contributed by atoms with Gasteiger partial charge in [-0.3, -0.25) is 9.79 Å². The lowest BCUT2D eigenvalue weighted by Crippen LogP contribution is -2.44. The molecule has 0 saturated carbocycles. The molecule has 0 aliphatic rings. The van der Waals surface area contributed by atoms with Gasteiger partial charge in [-0.2, -0.15) is 0 Å². The molecule has 0 aliphatic carbocycles. The highest BCUT2D eigenvalue weighted by atomic mass is 16.5. The van der Waals surface area contributed by atoms with Crippen molar-refractivity contribution in [3.8, 4) is 5.75 Å². The largest absolute Gasteiger partial charge is 0.489 e. The van der Waals surface area contributed by atoms with Crippen molar-refractivity contribution in [2.24, 2.45) is 4.99 Å². The van der Waals surface area contributed by atoms with E-state index in [2.05, 4.69) is 20.9 Å². The number of rotatable bonds is 8. The van der Waals surface area contributed by atoms with Crippen molar-refractivity contribution in [2.75, 3.05) is 26.7 Å². The van der Waals surface area contributed by atoms with Crippen LogP contribution in [-0.2, 0) is 0 Å². The summed E-state index contributed by atoms with van der Waals surface area (Å²) in [6.07, 6.45) is -0.0116. The maximum absolute atomic E-state index is 12.0. The van der Waals surface area contributed by atoms with E-state index >= 15 is 0 Å². The highest BCUT2D eigenvalue weighted by molar-refractivity contribution is 5.94. The zero-order valence-electron chi connectivity index (χ0n) is 16.2. The van der Waals surface area contributed by atoms with Gasteiger partial charge in [0, 0.05) is 25.7 Å². The first kappa shape index (κ1) is 20.3. The smallest absolute Gasteiger partial charge is 0.251 e. The minimum Gasteiger partial charge on any atom is -0.489 e. The van der Waals surface area contributed by atoms with E-state index in [-0.39, 0.29) is 12.0 Å². The summed E-state index contributed by atoms with van der Waals surface area (Å²) >= 11 is 0. The Labute approximate surface area is 161 Å². The van der Waals surface area contributed by atoms with Crippen LogP contribution in [0.5, 0.6) is 5.75 Å². The number of hydrogen-bond donors (Lipinski definition) is 3. The molecule has 0 radical (unpaired) electrons. The first-order valence-corrected chi connectivity index (χ1v) is 9.10. The van der Waals surface area contributed by atoms with Crippen LogP contribution in [0.3, 0.4) is 0 Å². The topological polar surface area (TPSA) is 74.8 Å². The summed E-state index contributed by atoms with van der Waals surface area (Å²) in [5.41, 5.74) is 1.77. The van der Waals surface area contributed by atoms with E-state index in [4.69, 9.17) is 4.74 Å². The van der Waals surface area contributed by atoms with Gasteiger partial charge >= 0.3 is 0 Å². The van der Waals surface area contributed by atoms with E-state index in [0.717, 1.165) is 11.3 Å². The molecular formula is C21H28N4O2. The van der Waals surface area contributed by atoms with E-state index in [1.54, 1.807) is 19.2 Å². The van der Waals surface area contributed by atoms with E-state index in [1.165, 1.54) is 0 Å². The molecular weight excluding hydrogens is 340 g/mol. The van der Waals surface area contributed by atoms with Crippen molar-refractivity contribution < 1.29 is 9.53 Å². The van der Waals surface area contributed by atoms with Crippen molar-refractivity contribution in [1.82, 2.24) is 16.0 Å². The molecule has 2 aromatic rings. The van der Waals surface area contributed by atoms with E-state index in [1.807, 2.05) is 56.3 Å². The summed E-state index contributed by atoms with van der Waals surface area (Å²) in [7, 11) is 1.71. The van der Waals surface area contributed by atoms with E-state index in [9.17, 15) is 4.79 Å². The maximum atomic E-state index is 12.0. The van der Waals surface area contributed by atoms with Crippen molar-refractivity contribution in [1.29, 1.82) is 0 Å². The Hall–Kier alpha value is -3.02. The average Bonchev–Trinajstić information content (AvgIpc) is 2.69. The summed E-state index contributed by atoms with van der Waals surface area (Å²) in [6.45, 7) is 5.73. The molecule has 0 heterocycles. The molecule has 0 spiro atoms. The quantitative estimate of drug-likeness (QED) is 0.380. The molecule has 3 N–H and O–H groups in total. The lowest BCUT2D eigenvalue weighted by atomic mass is 10.2. The van der Waals surface area contributed by atoms with Gasteiger partial charge in [-0.15, -0.1) is 0 Å². The number of aliphatic imine (C=N–C) groups is 1. The van der Waals surface area contributed by atoms with Gasteiger partial charge in [0.1, 0.15) is 11.9 Å². The first-order chi connectivity index (χ1) is 13.1. The molecule has 27 heavy (non-hydrogen) atoms. The fourth-order valence-electron chi connectivity index (χ4n) is 2.46. The van der Waals surface area contributed by atoms with Crippen molar-refractivity contribution in [3.63, 3.8) is 0 Å². The number of guanidine groups is 1. The standard InChI is InChI=1S/C21H28N4O2/c1-16-9-7-8-12-19(16)27-17(2)15-25-21(22-3)24-14-13-23-20(26)18-10-5-4-6-11-18/h4-12,17H,13-15H2,1-3H3,(H,23,26)(H2,22,24,25). The lowest BCUT2D eigenvalue weighted by molar-refractivity contribution is 0.0954. The van der Waals surface area contributed by atoms with Crippen molar-refractivity contribution in [2.45, 2.75) is 20.0 Å². The van der Waals surface area contributed by atoms with Gasteiger partial charge < -0.3 is 20.7 Å². The van der Waals surface area contributed by atoms with Gasteiger partial charge in [0.15, 0.2) is 5.96 Å². The predicted octanol–water partition coefficient (Wildman–Crippen LogP) is 2.36. The summed E-state index contributed by atoms with van der Waals surface area (Å²) in [5, 5.41) is 9.28. The number of carbonyl (C=O) groups is 1. The number of carbonyl (C=O) groups excluding carboxylic acids is 1. The summed E-state index contributed by atoms with van der Waals surface area (Å²) in [4.78, 5) is 16.2. The summed E-state index contributed by atoms with van der Waals surface area (Å²) in [5.74, 6) is 1.48. The SMILES string of the molecule is CN=C(NCCNC(=O)c1ccccc1)NCC(C)Oc1ccccc1C. The highest BCUT2D eigenvalue weighted by Gasteiger charge is 2.07. The van der Waals surface area contributed by atoms with Crippen LogP contribution in [0.2, 0.25) is 0 Å².